The van der Waals surface area contributed by atoms with Crippen LogP contribution >= 0.6 is 12.4 Å². The van der Waals surface area contributed by atoms with E-state index in [9.17, 15) is 13.2 Å². The summed E-state index contributed by atoms with van der Waals surface area (Å²) in [4.78, 5) is 0. The first-order chi connectivity index (χ1) is 7.16. The van der Waals surface area contributed by atoms with Gasteiger partial charge in [-0.25, -0.2) is 13.6 Å². The van der Waals surface area contributed by atoms with Crippen LogP contribution in [-0.2, 0) is 17.1 Å². The largest absolute Gasteiger partial charge is 0.416 e. The van der Waals surface area contributed by atoms with Gasteiger partial charge in [-0.15, -0.1) is 12.4 Å². The Kier molecular flexibility index (Phi) is 8.21. The molecule has 0 aliphatic heterocycles. The van der Waals surface area contributed by atoms with Gasteiger partial charge >= 0.3 is 6.18 Å². The molecular formula is C9H13ClF3NO2S. The summed E-state index contributed by atoms with van der Waals surface area (Å²) in [7, 11) is -2.62. The number of halogens is 4. The number of thiol groups is 1. The molecule has 0 aromatic heterocycles. The van der Waals surface area contributed by atoms with Gasteiger partial charge in [-0.3, -0.25) is 0 Å². The molecule has 100 valence electrons. The summed E-state index contributed by atoms with van der Waals surface area (Å²) in [6.45, 7) is 2.94. The fourth-order valence-corrected chi connectivity index (χ4v) is 1.26. The zero-order valence-electron chi connectivity index (χ0n) is 9.12. The Labute approximate surface area is 105 Å². The maximum Gasteiger partial charge on any atom is 0.416 e. The van der Waals surface area contributed by atoms with Crippen LogP contribution in [0.15, 0.2) is 18.2 Å². The molecular weight excluding hydrogens is 279 g/mol. The van der Waals surface area contributed by atoms with E-state index in [0.29, 0.717) is 0 Å². The molecule has 0 aliphatic carbocycles. The molecule has 0 saturated carbocycles. The normalized spacial score (nSPS) is 10.3. The standard InChI is InChI=1S/C9H9F3.ClH.H3NO2S/c1-6-4-3-5-7(2)8(6)9(10,11)12;;1-4(2)3/h3-5H,1-2H3;1H;4H,(H2,1,2,3). The summed E-state index contributed by atoms with van der Waals surface area (Å²) >= 11 is 0. The van der Waals surface area contributed by atoms with Crippen molar-refractivity contribution < 1.29 is 21.6 Å². The fraction of sp³-hybridized carbons (Fsp3) is 0.333. The van der Waals surface area contributed by atoms with Crippen LogP contribution in [-0.4, -0.2) is 8.42 Å². The third-order valence-corrected chi connectivity index (χ3v) is 1.76. The molecule has 0 amide bonds. The van der Waals surface area contributed by atoms with E-state index in [1.165, 1.54) is 26.0 Å². The Morgan fingerprint density at radius 1 is 1.12 bits per heavy atom. The number of aryl methyl sites for hydroxylation is 2. The Bertz CT molecular complexity index is 404. The molecule has 0 aliphatic rings. The molecule has 0 unspecified atom stereocenters. The van der Waals surface area contributed by atoms with E-state index in [2.05, 4.69) is 5.14 Å². The molecule has 17 heavy (non-hydrogen) atoms. The Morgan fingerprint density at radius 2 is 1.41 bits per heavy atom. The predicted octanol–water partition coefficient (Wildman–Crippen LogP) is 2.22. The van der Waals surface area contributed by atoms with Gasteiger partial charge in [0.25, 0.3) is 0 Å². The third-order valence-electron chi connectivity index (χ3n) is 1.76. The average Bonchev–Trinajstić information content (AvgIpc) is 1.98. The van der Waals surface area contributed by atoms with Gasteiger partial charge in [0.2, 0.25) is 0 Å². The summed E-state index contributed by atoms with van der Waals surface area (Å²) in [6, 6.07) is 4.56. The average molecular weight is 292 g/mol. The van der Waals surface area contributed by atoms with E-state index < -0.39 is 22.6 Å². The maximum atomic E-state index is 12.3. The molecule has 0 bridgehead atoms. The molecule has 1 rings (SSSR count). The zero-order chi connectivity index (χ0) is 12.9. The van der Waals surface area contributed by atoms with Crippen molar-refractivity contribution in [1.29, 1.82) is 0 Å². The van der Waals surface area contributed by atoms with Crippen molar-refractivity contribution in [3.63, 3.8) is 0 Å². The van der Waals surface area contributed by atoms with Crippen molar-refractivity contribution in [3.05, 3.63) is 34.9 Å². The van der Waals surface area contributed by atoms with Gasteiger partial charge in [-0.05, 0) is 25.0 Å². The monoisotopic (exact) mass is 291 g/mol. The van der Waals surface area contributed by atoms with Crippen LogP contribution < -0.4 is 5.14 Å². The topological polar surface area (TPSA) is 60.2 Å². The predicted molar refractivity (Wildman–Crippen MR) is 62.7 cm³/mol. The van der Waals surface area contributed by atoms with Crippen LogP contribution in [0.2, 0.25) is 0 Å². The number of benzene rings is 1. The number of hydrogen-bond donors (Lipinski definition) is 2. The maximum absolute atomic E-state index is 12.3. The van der Waals surface area contributed by atoms with Crippen molar-refractivity contribution in [2.45, 2.75) is 20.0 Å². The molecule has 0 spiro atoms. The van der Waals surface area contributed by atoms with Crippen LogP contribution in [0.4, 0.5) is 13.2 Å². The van der Waals surface area contributed by atoms with Gasteiger partial charge in [0.1, 0.15) is 0 Å². The van der Waals surface area contributed by atoms with Crippen molar-refractivity contribution in [2.24, 2.45) is 5.14 Å². The number of hydrogen-bond acceptors (Lipinski definition) is 2. The minimum Gasteiger partial charge on any atom is -0.231 e. The second-order valence-corrected chi connectivity index (χ2v) is 3.62. The first-order valence-electron chi connectivity index (χ1n) is 4.18. The van der Waals surface area contributed by atoms with Gasteiger partial charge in [-0.1, -0.05) is 18.2 Å². The zero-order valence-corrected chi connectivity index (χ0v) is 10.8. The van der Waals surface area contributed by atoms with Crippen LogP contribution in [0.5, 0.6) is 0 Å². The third kappa shape index (κ3) is 7.19. The van der Waals surface area contributed by atoms with E-state index in [0.717, 1.165) is 0 Å². The Morgan fingerprint density at radius 3 is 1.59 bits per heavy atom. The molecule has 0 fully saturated rings. The minimum atomic E-state index is -4.23. The Balaban J connectivity index is 0. The van der Waals surface area contributed by atoms with Gasteiger partial charge in [0.05, 0.1) is 5.56 Å². The molecule has 0 radical (unpaired) electrons. The second kappa shape index (κ2) is 7.52. The first kappa shape index (κ1) is 18.6. The molecule has 3 nitrogen and oxygen atoms in total. The molecule has 8 heteroatoms. The molecule has 0 heterocycles. The van der Waals surface area contributed by atoms with Crippen LogP contribution in [0, 0.1) is 13.8 Å². The van der Waals surface area contributed by atoms with E-state index >= 15 is 0 Å². The number of rotatable bonds is 0. The summed E-state index contributed by atoms with van der Waals surface area (Å²) in [5, 5.41) is 4.06. The molecule has 2 N–H and O–H groups in total. The fourth-order valence-electron chi connectivity index (χ4n) is 1.26. The SMILES string of the molecule is Cc1cccc(C)c1C(F)(F)F.Cl.N[SH](=O)=O. The van der Waals surface area contributed by atoms with Crippen molar-refractivity contribution in [1.82, 2.24) is 0 Å². The summed E-state index contributed by atoms with van der Waals surface area (Å²) < 4.78 is 54.6. The quantitative estimate of drug-likeness (QED) is 0.720. The number of alkyl halides is 3. The van der Waals surface area contributed by atoms with Crippen LogP contribution in [0.25, 0.3) is 0 Å². The number of nitrogens with two attached hydrogens (primary N) is 1. The van der Waals surface area contributed by atoms with Crippen molar-refractivity contribution in [3.8, 4) is 0 Å². The van der Waals surface area contributed by atoms with E-state index in [-0.39, 0.29) is 23.5 Å². The highest BCUT2D eigenvalue weighted by atomic mass is 35.5. The van der Waals surface area contributed by atoms with Crippen molar-refractivity contribution >= 4 is 23.3 Å². The lowest BCUT2D eigenvalue weighted by Gasteiger charge is -2.12. The van der Waals surface area contributed by atoms with E-state index in [1.807, 2.05) is 0 Å². The lowest BCUT2D eigenvalue weighted by molar-refractivity contribution is -0.138. The summed E-state index contributed by atoms with van der Waals surface area (Å²) in [5.41, 5.74) is 0.0509. The summed E-state index contributed by atoms with van der Waals surface area (Å²) in [6.07, 6.45) is -4.23. The second-order valence-electron chi connectivity index (χ2n) is 3.05. The first-order valence-corrected chi connectivity index (χ1v) is 5.43. The van der Waals surface area contributed by atoms with Gasteiger partial charge in [0, 0.05) is 0 Å². The molecule has 0 atom stereocenters. The summed E-state index contributed by atoms with van der Waals surface area (Å²) in [5.74, 6) is 0. The highest BCUT2D eigenvalue weighted by Gasteiger charge is 2.33. The smallest absolute Gasteiger partial charge is 0.231 e. The van der Waals surface area contributed by atoms with Gasteiger partial charge in [0.15, 0.2) is 10.9 Å². The Hall–Kier alpha value is -0.790. The van der Waals surface area contributed by atoms with Crippen molar-refractivity contribution in [2.75, 3.05) is 0 Å². The van der Waals surface area contributed by atoms with Gasteiger partial charge < -0.3 is 0 Å². The highest BCUT2D eigenvalue weighted by Crippen LogP contribution is 2.33. The van der Waals surface area contributed by atoms with Gasteiger partial charge in [-0.2, -0.15) is 13.2 Å². The van der Waals surface area contributed by atoms with Crippen LogP contribution in [0.1, 0.15) is 16.7 Å². The lowest BCUT2D eigenvalue weighted by Crippen LogP contribution is -2.09. The minimum absolute atomic E-state index is 0. The molecule has 0 saturated heterocycles. The van der Waals surface area contributed by atoms with Crippen LogP contribution in [0.3, 0.4) is 0 Å². The molecule has 1 aromatic rings. The highest BCUT2D eigenvalue weighted by molar-refractivity contribution is 7.69. The van der Waals surface area contributed by atoms with E-state index in [4.69, 9.17) is 8.42 Å². The van der Waals surface area contributed by atoms with E-state index in [1.54, 1.807) is 6.07 Å². The lowest BCUT2D eigenvalue weighted by atomic mass is 10.0. The molecule has 1 aromatic carbocycles.